The van der Waals surface area contributed by atoms with Gasteiger partial charge in [0.05, 0.1) is 12.4 Å². The molecule has 0 aromatic carbocycles. The zero-order chi connectivity index (χ0) is 9.52. The molecule has 0 aliphatic carbocycles. The maximum absolute atomic E-state index is 5.58. The standard InChI is InChI=1S/C11H21NO/c1-3-11(4-2)13-10-9-12-7-5-6-8-12/h9-11H,3-8H2,1-2H3/b10-9+. The molecule has 1 saturated heterocycles. The van der Waals surface area contributed by atoms with Crippen LogP contribution in [0.5, 0.6) is 0 Å². The van der Waals surface area contributed by atoms with E-state index in [4.69, 9.17) is 4.74 Å². The Kier molecular flexibility index (Phi) is 4.73. The molecule has 2 nitrogen and oxygen atoms in total. The van der Waals surface area contributed by atoms with Crippen LogP contribution in [-0.4, -0.2) is 24.1 Å². The van der Waals surface area contributed by atoms with Crippen molar-refractivity contribution in [2.75, 3.05) is 13.1 Å². The van der Waals surface area contributed by atoms with E-state index in [1.165, 1.54) is 25.9 Å². The molecule has 0 unspecified atom stereocenters. The lowest BCUT2D eigenvalue weighted by Gasteiger charge is -2.14. The second kappa shape index (κ2) is 5.90. The van der Waals surface area contributed by atoms with Crippen LogP contribution in [0, 0.1) is 0 Å². The lowest BCUT2D eigenvalue weighted by molar-refractivity contribution is 0.133. The first-order valence-corrected chi connectivity index (χ1v) is 5.43. The summed E-state index contributed by atoms with van der Waals surface area (Å²) in [5.74, 6) is 0. The van der Waals surface area contributed by atoms with Gasteiger partial charge in [0.2, 0.25) is 0 Å². The summed E-state index contributed by atoms with van der Waals surface area (Å²) in [5.41, 5.74) is 0. The predicted molar refractivity (Wildman–Crippen MR) is 55.4 cm³/mol. The Morgan fingerprint density at radius 2 is 1.85 bits per heavy atom. The van der Waals surface area contributed by atoms with E-state index in [1.54, 1.807) is 0 Å². The lowest BCUT2D eigenvalue weighted by atomic mass is 10.2. The molecular formula is C11H21NO. The molecule has 0 aromatic heterocycles. The number of likely N-dealkylation sites (tertiary alicyclic amines) is 1. The molecule has 1 aliphatic heterocycles. The summed E-state index contributed by atoms with van der Waals surface area (Å²) in [7, 11) is 0. The third-order valence-corrected chi connectivity index (χ3v) is 2.59. The van der Waals surface area contributed by atoms with Gasteiger partial charge in [0.15, 0.2) is 0 Å². The summed E-state index contributed by atoms with van der Waals surface area (Å²) in [6.07, 6.45) is 9.21. The van der Waals surface area contributed by atoms with Crippen LogP contribution in [0.3, 0.4) is 0 Å². The number of nitrogens with zero attached hydrogens (tertiary/aromatic N) is 1. The van der Waals surface area contributed by atoms with E-state index in [-0.39, 0.29) is 0 Å². The van der Waals surface area contributed by atoms with Crippen molar-refractivity contribution in [3.8, 4) is 0 Å². The van der Waals surface area contributed by atoms with Crippen LogP contribution >= 0.6 is 0 Å². The fourth-order valence-electron chi connectivity index (χ4n) is 1.60. The Morgan fingerprint density at radius 3 is 2.38 bits per heavy atom. The van der Waals surface area contributed by atoms with E-state index in [0.29, 0.717) is 6.10 Å². The average Bonchev–Trinajstić information content (AvgIpc) is 2.65. The molecule has 76 valence electrons. The summed E-state index contributed by atoms with van der Waals surface area (Å²) in [4.78, 5) is 2.32. The SMILES string of the molecule is CCC(CC)O/C=C/N1CCCC1. The van der Waals surface area contributed by atoms with Gasteiger partial charge in [-0.15, -0.1) is 0 Å². The minimum atomic E-state index is 0.402. The van der Waals surface area contributed by atoms with Gasteiger partial charge in [0.1, 0.15) is 0 Å². The zero-order valence-electron chi connectivity index (χ0n) is 8.83. The minimum Gasteiger partial charge on any atom is -0.497 e. The van der Waals surface area contributed by atoms with Crippen LogP contribution in [0.1, 0.15) is 39.5 Å². The normalized spacial score (nSPS) is 17.6. The number of rotatable bonds is 5. The fourth-order valence-corrected chi connectivity index (χ4v) is 1.60. The van der Waals surface area contributed by atoms with Gasteiger partial charge in [0, 0.05) is 19.3 Å². The van der Waals surface area contributed by atoms with Gasteiger partial charge in [-0.3, -0.25) is 0 Å². The highest BCUT2D eigenvalue weighted by atomic mass is 16.5. The van der Waals surface area contributed by atoms with Crippen LogP contribution in [0.4, 0.5) is 0 Å². The monoisotopic (exact) mass is 183 g/mol. The van der Waals surface area contributed by atoms with Crippen molar-refractivity contribution in [2.24, 2.45) is 0 Å². The Morgan fingerprint density at radius 1 is 1.23 bits per heavy atom. The van der Waals surface area contributed by atoms with Crippen LogP contribution in [0.25, 0.3) is 0 Å². The maximum atomic E-state index is 5.58. The molecule has 0 atom stereocenters. The number of hydrogen-bond donors (Lipinski definition) is 0. The second-order valence-corrected chi connectivity index (χ2v) is 3.60. The van der Waals surface area contributed by atoms with E-state index in [2.05, 4.69) is 24.9 Å². The molecule has 1 heterocycles. The van der Waals surface area contributed by atoms with Crippen molar-refractivity contribution in [3.05, 3.63) is 12.5 Å². The van der Waals surface area contributed by atoms with Crippen LogP contribution in [0.2, 0.25) is 0 Å². The molecule has 0 amide bonds. The Balaban J connectivity index is 2.15. The van der Waals surface area contributed by atoms with Crippen molar-refractivity contribution < 1.29 is 4.74 Å². The molecule has 0 N–H and O–H groups in total. The third kappa shape index (κ3) is 3.71. The summed E-state index contributed by atoms with van der Waals surface area (Å²) in [5, 5.41) is 0. The molecular weight excluding hydrogens is 162 g/mol. The van der Waals surface area contributed by atoms with Gasteiger partial charge in [-0.25, -0.2) is 0 Å². The van der Waals surface area contributed by atoms with E-state index >= 15 is 0 Å². The number of hydrogen-bond acceptors (Lipinski definition) is 2. The van der Waals surface area contributed by atoms with Gasteiger partial charge in [-0.1, -0.05) is 13.8 Å². The van der Waals surface area contributed by atoms with Crippen molar-refractivity contribution in [1.82, 2.24) is 4.90 Å². The van der Waals surface area contributed by atoms with E-state index < -0.39 is 0 Å². The highest BCUT2D eigenvalue weighted by Crippen LogP contribution is 2.08. The number of ether oxygens (including phenoxy) is 1. The molecule has 0 spiro atoms. The quantitative estimate of drug-likeness (QED) is 0.608. The summed E-state index contributed by atoms with van der Waals surface area (Å²) in [6, 6.07) is 0. The predicted octanol–water partition coefficient (Wildman–Crippen LogP) is 2.76. The molecule has 0 aromatic rings. The zero-order valence-corrected chi connectivity index (χ0v) is 8.83. The molecule has 2 heteroatoms. The first kappa shape index (κ1) is 10.4. The van der Waals surface area contributed by atoms with Gasteiger partial charge < -0.3 is 9.64 Å². The lowest BCUT2D eigenvalue weighted by Crippen LogP contribution is -2.12. The van der Waals surface area contributed by atoms with Crippen LogP contribution in [0.15, 0.2) is 12.5 Å². The summed E-state index contributed by atoms with van der Waals surface area (Å²) >= 11 is 0. The third-order valence-electron chi connectivity index (χ3n) is 2.59. The Bertz CT molecular complexity index is 146. The smallest absolute Gasteiger partial charge is 0.0991 e. The van der Waals surface area contributed by atoms with Crippen molar-refractivity contribution in [2.45, 2.75) is 45.6 Å². The van der Waals surface area contributed by atoms with Crippen LogP contribution < -0.4 is 0 Å². The van der Waals surface area contributed by atoms with Gasteiger partial charge in [-0.2, -0.15) is 0 Å². The minimum absolute atomic E-state index is 0.402. The topological polar surface area (TPSA) is 12.5 Å². The first-order valence-electron chi connectivity index (χ1n) is 5.43. The van der Waals surface area contributed by atoms with Crippen LogP contribution in [-0.2, 0) is 4.74 Å². The Labute approximate surface area is 81.6 Å². The molecule has 0 radical (unpaired) electrons. The van der Waals surface area contributed by atoms with Crippen molar-refractivity contribution >= 4 is 0 Å². The first-order chi connectivity index (χ1) is 6.36. The molecule has 1 fully saturated rings. The summed E-state index contributed by atoms with van der Waals surface area (Å²) in [6.45, 7) is 6.72. The molecule has 0 saturated carbocycles. The summed E-state index contributed by atoms with van der Waals surface area (Å²) < 4.78 is 5.58. The van der Waals surface area contributed by atoms with Gasteiger partial charge in [-0.05, 0) is 25.7 Å². The Hall–Kier alpha value is -0.660. The van der Waals surface area contributed by atoms with Gasteiger partial charge in [0.25, 0.3) is 0 Å². The second-order valence-electron chi connectivity index (χ2n) is 3.60. The van der Waals surface area contributed by atoms with Crippen molar-refractivity contribution in [1.29, 1.82) is 0 Å². The van der Waals surface area contributed by atoms with E-state index in [9.17, 15) is 0 Å². The largest absolute Gasteiger partial charge is 0.497 e. The molecule has 1 rings (SSSR count). The average molecular weight is 183 g/mol. The van der Waals surface area contributed by atoms with E-state index in [1.807, 2.05) is 6.26 Å². The molecule has 13 heavy (non-hydrogen) atoms. The van der Waals surface area contributed by atoms with Gasteiger partial charge >= 0.3 is 0 Å². The van der Waals surface area contributed by atoms with Crippen molar-refractivity contribution in [3.63, 3.8) is 0 Å². The molecule has 1 aliphatic rings. The fraction of sp³-hybridized carbons (Fsp3) is 0.818. The van der Waals surface area contributed by atoms with E-state index in [0.717, 1.165) is 12.8 Å². The highest BCUT2D eigenvalue weighted by molar-refractivity contribution is 4.80. The maximum Gasteiger partial charge on any atom is 0.0991 e. The molecule has 0 bridgehead atoms. The highest BCUT2D eigenvalue weighted by Gasteiger charge is 2.06.